The normalized spacial score (nSPS) is 16.2. The van der Waals surface area contributed by atoms with Gasteiger partial charge in [-0.1, -0.05) is 6.42 Å². The number of carbonyl (C=O) groups excluding carboxylic acids is 1. The Kier molecular flexibility index (Phi) is 4.41. The summed E-state index contributed by atoms with van der Waals surface area (Å²) < 4.78 is 39.3. The molecule has 116 valence electrons. The molecule has 1 aromatic rings. The molecule has 2 amide bonds. The highest BCUT2D eigenvalue weighted by Gasteiger charge is 2.38. The maximum atomic E-state index is 13.5. The second-order valence-corrected chi connectivity index (χ2v) is 5.54. The van der Waals surface area contributed by atoms with Gasteiger partial charge in [-0.05, 0) is 12.8 Å². The molecule has 2 rings (SSSR count). The molecule has 1 aliphatic rings. The summed E-state index contributed by atoms with van der Waals surface area (Å²) in [6.45, 7) is 0.296. The number of carbonyl (C=O) groups is 1. The Labute approximate surface area is 120 Å². The van der Waals surface area contributed by atoms with Gasteiger partial charge >= 0.3 is 6.03 Å². The molecule has 0 bridgehead atoms. The van der Waals surface area contributed by atoms with E-state index in [1.54, 1.807) is 0 Å². The molecule has 21 heavy (non-hydrogen) atoms. The summed E-state index contributed by atoms with van der Waals surface area (Å²) in [6.07, 6.45) is 2.63. The van der Waals surface area contributed by atoms with E-state index in [1.165, 1.54) is 11.9 Å². The maximum absolute atomic E-state index is 13.5. The number of hydrogen-bond donors (Lipinski definition) is 2. The zero-order valence-electron chi connectivity index (χ0n) is 11.6. The smallest absolute Gasteiger partial charge is 0.321 e. The first kappa shape index (κ1) is 15.6. The fourth-order valence-corrected chi connectivity index (χ4v) is 2.45. The topological polar surface area (TPSA) is 52.6 Å². The first-order chi connectivity index (χ1) is 9.87. The molecular weight excluding hydrogens is 285 g/mol. The van der Waals surface area contributed by atoms with Crippen molar-refractivity contribution in [1.82, 2.24) is 4.90 Å². The molecule has 0 heterocycles. The van der Waals surface area contributed by atoms with Crippen molar-refractivity contribution in [3.8, 4) is 0 Å². The third-order valence-electron chi connectivity index (χ3n) is 3.92. The molecule has 0 unspecified atom stereocenters. The van der Waals surface area contributed by atoms with Gasteiger partial charge in [-0.3, -0.25) is 0 Å². The average molecular weight is 302 g/mol. The molecule has 0 spiro atoms. The Morgan fingerprint density at radius 3 is 2.43 bits per heavy atom. The van der Waals surface area contributed by atoms with E-state index in [0.717, 1.165) is 19.3 Å². The van der Waals surface area contributed by atoms with Crippen LogP contribution < -0.4 is 5.32 Å². The fraction of sp³-hybridized carbons (Fsp3) is 0.500. The number of urea groups is 1. The van der Waals surface area contributed by atoms with Crippen LogP contribution in [0, 0.1) is 22.9 Å². The van der Waals surface area contributed by atoms with Crippen LogP contribution in [0.1, 0.15) is 19.3 Å². The van der Waals surface area contributed by atoms with Crippen molar-refractivity contribution in [2.24, 2.45) is 5.41 Å². The van der Waals surface area contributed by atoms with Crippen LogP contribution in [0.3, 0.4) is 0 Å². The lowest BCUT2D eigenvalue weighted by Gasteiger charge is -2.42. The number of aliphatic hydroxyl groups excluding tert-OH is 1. The van der Waals surface area contributed by atoms with Crippen LogP contribution in [0.25, 0.3) is 0 Å². The summed E-state index contributed by atoms with van der Waals surface area (Å²) in [5.41, 5.74) is -0.726. The molecule has 1 saturated carbocycles. The van der Waals surface area contributed by atoms with Gasteiger partial charge in [0.15, 0.2) is 11.6 Å². The summed E-state index contributed by atoms with van der Waals surface area (Å²) in [6, 6.07) is 0.341. The third-order valence-corrected chi connectivity index (χ3v) is 3.92. The van der Waals surface area contributed by atoms with Gasteiger partial charge in [0.25, 0.3) is 0 Å². The van der Waals surface area contributed by atoms with Crippen LogP contribution in [0.5, 0.6) is 0 Å². The maximum Gasteiger partial charge on any atom is 0.321 e. The quantitative estimate of drug-likeness (QED) is 0.840. The molecule has 0 aliphatic heterocycles. The Bertz CT molecular complexity index is 542. The highest BCUT2D eigenvalue weighted by atomic mass is 19.2. The van der Waals surface area contributed by atoms with Gasteiger partial charge in [0, 0.05) is 31.1 Å². The minimum atomic E-state index is -1.31. The van der Waals surface area contributed by atoms with E-state index in [1.807, 2.05) is 0 Å². The molecule has 0 radical (unpaired) electrons. The first-order valence-corrected chi connectivity index (χ1v) is 6.64. The second-order valence-electron chi connectivity index (χ2n) is 5.54. The summed E-state index contributed by atoms with van der Waals surface area (Å²) in [7, 11) is 1.50. The van der Waals surface area contributed by atoms with E-state index in [4.69, 9.17) is 0 Å². The molecule has 2 N–H and O–H groups in total. The summed E-state index contributed by atoms with van der Waals surface area (Å²) >= 11 is 0. The monoisotopic (exact) mass is 302 g/mol. The Morgan fingerprint density at radius 1 is 1.29 bits per heavy atom. The summed E-state index contributed by atoms with van der Waals surface area (Å²) in [4.78, 5) is 13.2. The average Bonchev–Trinajstić information content (AvgIpc) is 2.39. The van der Waals surface area contributed by atoms with Gasteiger partial charge in [0.05, 0.1) is 12.3 Å². The van der Waals surface area contributed by atoms with Crippen molar-refractivity contribution < 1.29 is 23.1 Å². The first-order valence-electron chi connectivity index (χ1n) is 6.64. The predicted molar refractivity (Wildman–Crippen MR) is 71.3 cm³/mol. The molecule has 1 fully saturated rings. The lowest BCUT2D eigenvalue weighted by Crippen LogP contribution is -2.46. The Morgan fingerprint density at radius 2 is 1.90 bits per heavy atom. The van der Waals surface area contributed by atoms with E-state index in [9.17, 15) is 23.1 Å². The molecule has 1 aromatic carbocycles. The number of nitrogens with zero attached hydrogens (tertiary/aromatic N) is 1. The van der Waals surface area contributed by atoms with Crippen LogP contribution in [0.15, 0.2) is 12.1 Å². The van der Waals surface area contributed by atoms with Gasteiger partial charge in [-0.15, -0.1) is 0 Å². The van der Waals surface area contributed by atoms with Crippen molar-refractivity contribution in [1.29, 1.82) is 0 Å². The van der Waals surface area contributed by atoms with Gasteiger partial charge < -0.3 is 15.3 Å². The lowest BCUT2D eigenvalue weighted by atomic mass is 9.69. The third kappa shape index (κ3) is 3.29. The van der Waals surface area contributed by atoms with Gasteiger partial charge in [0.2, 0.25) is 0 Å². The SMILES string of the molecule is CN(CC1(CO)CCC1)C(=O)Nc1cc(F)c(F)cc1F. The molecule has 0 atom stereocenters. The lowest BCUT2D eigenvalue weighted by molar-refractivity contribution is 0.0243. The fourth-order valence-electron chi connectivity index (χ4n) is 2.45. The van der Waals surface area contributed by atoms with Gasteiger partial charge in [-0.25, -0.2) is 18.0 Å². The summed E-state index contributed by atoms with van der Waals surface area (Å²) in [5, 5.41) is 11.6. The van der Waals surface area contributed by atoms with E-state index in [0.29, 0.717) is 18.7 Å². The minimum absolute atomic E-state index is 0.0237. The highest BCUT2D eigenvalue weighted by Crippen LogP contribution is 2.40. The predicted octanol–water partition coefficient (Wildman–Crippen LogP) is 2.73. The van der Waals surface area contributed by atoms with E-state index < -0.39 is 29.2 Å². The van der Waals surface area contributed by atoms with Crippen molar-refractivity contribution in [2.75, 3.05) is 25.5 Å². The number of halogens is 3. The van der Waals surface area contributed by atoms with E-state index in [-0.39, 0.29) is 12.0 Å². The largest absolute Gasteiger partial charge is 0.396 e. The second kappa shape index (κ2) is 5.93. The number of amides is 2. The van der Waals surface area contributed by atoms with Crippen LogP contribution in [-0.4, -0.2) is 36.2 Å². The number of rotatable bonds is 4. The van der Waals surface area contributed by atoms with E-state index in [2.05, 4.69) is 5.32 Å². The number of benzene rings is 1. The zero-order valence-corrected chi connectivity index (χ0v) is 11.6. The van der Waals surface area contributed by atoms with E-state index >= 15 is 0 Å². The Hall–Kier alpha value is -1.76. The molecule has 0 aromatic heterocycles. The molecule has 1 aliphatic carbocycles. The van der Waals surface area contributed by atoms with Gasteiger partial charge in [0.1, 0.15) is 5.82 Å². The van der Waals surface area contributed by atoms with Crippen molar-refractivity contribution in [3.63, 3.8) is 0 Å². The molecule has 0 saturated heterocycles. The Balaban J connectivity index is 2.02. The zero-order chi connectivity index (χ0) is 15.6. The van der Waals surface area contributed by atoms with Crippen LogP contribution in [-0.2, 0) is 0 Å². The number of nitrogens with one attached hydrogen (secondary N) is 1. The van der Waals surface area contributed by atoms with Crippen LogP contribution >= 0.6 is 0 Å². The standard InChI is InChI=1S/C14H17F3N2O2/c1-19(7-14(8-20)3-2-4-14)13(21)18-12-6-10(16)9(15)5-11(12)17/h5-6,20H,2-4,7-8H2,1H3,(H,18,21). The molecular formula is C14H17F3N2O2. The minimum Gasteiger partial charge on any atom is -0.396 e. The summed E-state index contributed by atoms with van der Waals surface area (Å²) in [5.74, 6) is -3.59. The number of anilines is 1. The molecule has 7 heteroatoms. The van der Waals surface area contributed by atoms with Gasteiger partial charge in [-0.2, -0.15) is 0 Å². The van der Waals surface area contributed by atoms with Crippen molar-refractivity contribution in [2.45, 2.75) is 19.3 Å². The van der Waals surface area contributed by atoms with Crippen LogP contribution in [0.4, 0.5) is 23.7 Å². The van der Waals surface area contributed by atoms with Crippen molar-refractivity contribution >= 4 is 11.7 Å². The highest BCUT2D eigenvalue weighted by molar-refractivity contribution is 5.89. The number of hydrogen-bond acceptors (Lipinski definition) is 2. The van der Waals surface area contributed by atoms with Crippen LogP contribution in [0.2, 0.25) is 0 Å². The number of aliphatic hydroxyl groups is 1. The molecule has 4 nitrogen and oxygen atoms in total. The van der Waals surface area contributed by atoms with Crippen molar-refractivity contribution in [3.05, 3.63) is 29.6 Å².